The van der Waals surface area contributed by atoms with Gasteiger partial charge in [0.15, 0.2) is 5.82 Å². The van der Waals surface area contributed by atoms with Crippen LogP contribution in [0, 0.1) is 28.6 Å². The van der Waals surface area contributed by atoms with Gasteiger partial charge in [-0.2, -0.15) is 20.7 Å². The zero-order valence-corrected chi connectivity index (χ0v) is 13.8. The zero-order valence-electron chi connectivity index (χ0n) is 13.1. The van der Waals surface area contributed by atoms with Gasteiger partial charge in [0.1, 0.15) is 10.8 Å². The van der Waals surface area contributed by atoms with Crippen LogP contribution in [-0.4, -0.2) is 24.4 Å². The molecule has 3 heterocycles. The van der Waals surface area contributed by atoms with Gasteiger partial charge in [0.2, 0.25) is 0 Å². The Kier molecular flexibility index (Phi) is 3.38. The van der Waals surface area contributed by atoms with E-state index in [0.29, 0.717) is 35.1 Å². The van der Waals surface area contributed by atoms with E-state index in [1.165, 1.54) is 0 Å². The topological polar surface area (TPSA) is 122 Å². The van der Waals surface area contributed by atoms with Gasteiger partial charge in [-0.3, -0.25) is 4.68 Å². The van der Waals surface area contributed by atoms with E-state index >= 15 is 0 Å². The number of rotatable bonds is 3. The molecule has 0 bridgehead atoms. The van der Waals surface area contributed by atoms with Crippen LogP contribution in [0.15, 0.2) is 24.7 Å². The smallest absolute Gasteiger partial charge is 0.155 e. The molecular weight excluding hydrogens is 340 g/mol. The van der Waals surface area contributed by atoms with Crippen molar-refractivity contribution < 1.29 is 0 Å². The molecule has 3 aromatic heterocycles. The van der Waals surface area contributed by atoms with Crippen molar-refractivity contribution in [1.29, 1.82) is 10.5 Å². The molecule has 2 N–H and O–H groups in total. The normalized spacial score (nSPS) is 22.3. The molecule has 0 amide bonds. The lowest BCUT2D eigenvalue weighted by atomic mass is 9.67. The molecule has 4 rings (SSSR count). The number of halogens is 1. The minimum Gasteiger partial charge on any atom is -0.382 e. The quantitative estimate of drug-likeness (QED) is 0.772. The van der Waals surface area contributed by atoms with E-state index in [9.17, 15) is 5.26 Å². The Bertz CT molecular complexity index is 1040. The number of nitriles is 2. The molecule has 9 heteroatoms. The highest BCUT2D eigenvalue weighted by molar-refractivity contribution is 6.29. The molecule has 3 aromatic rings. The average molecular weight is 353 g/mol. The van der Waals surface area contributed by atoms with Crippen LogP contribution in [0.5, 0.6) is 0 Å². The first-order chi connectivity index (χ1) is 12.1. The predicted octanol–water partition coefficient (Wildman–Crippen LogP) is 2.37. The van der Waals surface area contributed by atoms with Crippen LogP contribution in [0.4, 0.5) is 5.82 Å². The van der Waals surface area contributed by atoms with Gasteiger partial charge in [-0.05, 0) is 18.9 Å². The summed E-state index contributed by atoms with van der Waals surface area (Å²) in [7, 11) is 0. The lowest BCUT2D eigenvalue weighted by molar-refractivity contribution is 0.0885. The monoisotopic (exact) mass is 352 g/mol. The Labute approximate surface area is 148 Å². The van der Waals surface area contributed by atoms with E-state index in [2.05, 4.69) is 27.3 Å². The second kappa shape index (κ2) is 5.47. The lowest BCUT2D eigenvalue weighted by Crippen LogP contribution is -2.46. The van der Waals surface area contributed by atoms with E-state index in [1.807, 2.05) is 6.07 Å². The molecule has 25 heavy (non-hydrogen) atoms. The van der Waals surface area contributed by atoms with E-state index in [0.717, 1.165) is 5.52 Å². The summed E-state index contributed by atoms with van der Waals surface area (Å²) in [6.45, 7) is 0. The first kappa shape index (κ1) is 15.4. The van der Waals surface area contributed by atoms with Gasteiger partial charge in [-0.1, -0.05) is 11.6 Å². The molecule has 0 unspecified atom stereocenters. The fraction of sp³-hybridized carbons (Fsp3) is 0.312. The highest BCUT2D eigenvalue weighted by atomic mass is 35.5. The third-order valence-corrected chi connectivity index (χ3v) is 4.87. The van der Waals surface area contributed by atoms with Gasteiger partial charge in [0.25, 0.3) is 0 Å². The first-order valence-corrected chi connectivity index (χ1v) is 8.06. The SMILES string of the molecule is N#CCC1(n2cc(-c3nc(Cl)cn4nccc34)c(N)n2)CC(C#N)C1. The maximum atomic E-state index is 9.18. The number of nitrogen functional groups attached to an aromatic ring is 1. The van der Waals surface area contributed by atoms with Gasteiger partial charge in [-0.15, -0.1) is 0 Å². The summed E-state index contributed by atoms with van der Waals surface area (Å²) in [6, 6.07) is 6.25. The zero-order chi connectivity index (χ0) is 17.6. The number of fused-ring (bicyclic) bond motifs is 1. The minimum absolute atomic E-state index is 0.0620. The van der Waals surface area contributed by atoms with Gasteiger partial charge < -0.3 is 5.73 Å². The molecule has 0 radical (unpaired) electrons. The standard InChI is InChI=1S/C16H13ClN8/c17-13-9-24-12(1-4-21-24)14(22-13)11-8-25(23-15(11)20)16(2-3-18)5-10(6-16)7-19/h1,4,8-10H,2,5-6H2,(H2,20,23). The molecule has 1 saturated carbocycles. The van der Waals surface area contributed by atoms with Gasteiger partial charge >= 0.3 is 0 Å². The average Bonchev–Trinajstić information content (AvgIpc) is 3.16. The third kappa shape index (κ3) is 2.31. The van der Waals surface area contributed by atoms with E-state index < -0.39 is 5.54 Å². The van der Waals surface area contributed by atoms with E-state index in [-0.39, 0.29) is 12.3 Å². The summed E-state index contributed by atoms with van der Waals surface area (Å²) in [6.07, 6.45) is 6.49. The summed E-state index contributed by atoms with van der Waals surface area (Å²) >= 11 is 6.09. The van der Waals surface area contributed by atoms with E-state index in [4.69, 9.17) is 22.6 Å². The van der Waals surface area contributed by atoms with Crippen molar-refractivity contribution in [2.75, 3.05) is 5.73 Å². The first-order valence-electron chi connectivity index (χ1n) is 7.69. The molecule has 0 saturated heterocycles. The fourth-order valence-corrected chi connectivity index (χ4v) is 3.59. The van der Waals surface area contributed by atoms with Gasteiger partial charge in [0, 0.05) is 6.20 Å². The third-order valence-electron chi connectivity index (χ3n) is 4.69. The molecule has 0 atom stereocenters. The Hall–Kier alpha value is -3.10. The van der Waals surface area contributed by atoms with E-state index in [1.54, 1.807) is 27.8 Å². The number of nitrogens with zero attached hydrogens (tertiary/aromatic N) is 7. The Morgan fingerprint density at radius 1 is 1.36 bits per heavy atom. The lowest BCUT2D eigenvalue weighted by Gasteiger charge is -2.43. The summed E-state index contributed by atoms with van der Waals surface area (Å²) in [4.78, 5) is 4.37. The maximum absolute atomic E-state index is 9.18. The molecule has 8 nitrogen and oxygen atoms in total. The molecule has 0 aliphatic heterocycles. The number of aromatic nitrogens is 5. The van der Waals surface area contributed by atoms with Crippen molar-refractivity contribution in [3.05, 3.63) is 29.8 Å². The summed E-state index contributed by atoms with van der Waals surface area (Å²) in [5.74, 6) is 0.239. The molecule has 0 aromatic carbocycles. The van der Waals surface area contributed by atoms with Crippen LogP contribution in [0.2, 0.25) is 5.15 Å². The van der Waals surface area contributed by atoms with Crippen molar-refractivity contribution >= 4 is 22.9 Å². The van der Waals surface area contributed by atoms with Crippen LogP contribution in [0.1, 0.15) is 19.3 Å². The number of hydrogen-bond acceptors (Lipinski definition) is 6. The maximum Gasteiger partial charge on any atom is 0.155 e. The fourth-order valence-electron chi connectivity index (χ4n) is 3.42. The van der Waals surface area contributed by atoms with Crippen molar-refractivity contribution in [3.63, 3.8) is 0 Å². The van der Waals surface area contributed by atoms with Gasteiger partial charge in [-0.25, -0.2) is 9.50 Å². The van der Waals surface area contributed by atoms with Crippen LogP contribution in [0.3, 0.4) is 0 Å². The summed E-state index contributed by atoms with van der Waals surface area (Å²) in [5.41, 5.74) is 7.61. The number of nitrogens with two attached hydrogens (primary N) is 1. The number of anilines is 1. The predicted molar refractivity (Wildman–Crippen MR) is 90.2 cm³/mol. The highest BCUT2D eigenvalue weighted by Gasteiger charge is 2.47. The molecule has 124 valence electrons. The highest BCUT2D eigenvalue weighted by Crippen LogP contribution is 2.46. The van der Waals surface area contributed by atoms with Crippen LogP contribution in [-0.2, 0) is 5.54 Å². The Balaban J connectivity index is 1.82. The minimum atomic E-state index is -0.489. The molecular formula is C16H13ClN8. The Morgan fingerprint density at radius 3 is 2.88 bits per heavy atom. The molecule has 1 aliphatic rings. The van der Waals surface area contributed by atoms with Crippen LogP contribution in [0.25, 0.3) is 16.8 Å². The van der Waals surface area contributed by atoms with Crippen LogP contribution >= 0.6 is 11.6 Å². The summed E-state index contributed by atoms with van der Waals surface area (Å²) in [5, 5.41) is 27.1. The second-order valence-electron chi connectivity index (χ2n) is 6.24. The summed E-state index contributed by atoms with van der Waals surface area (Å²) < 4.78 is 3.34. The van der Waals surface area contributed by atoms with Crippen molar-refractivity contribution in [1.82, 2.24) is 24.4 Å². The second-order valence-corrected chi connectivity index (χ2v) is 6.63. The van der Waals surface area contributed by atoms with Crippen molar-refractivity contribution in [3.8, 4) is 23.4 Å². The van der Waals surface area contributed by atoms with Gasteiger partial charge in [0.05, 0.1) is 53.5 Å². The molecule has 0 spiro atoms. The Morgan fingerprint density at radius 2 is 2.16 bits per heavy atom. The molecule has 1 fully saturated rings. The number of hydrogen-bond donors (Lipinski definition) is 1. The van der Waals surface area contributed by atoms with Crippen LogP contribution < -0.4 is 5.73 Å². The molecule has 1 aliphatic carbocycles. The largest absolute Gasteiger partial charge is 0.382 e. The van der Waals surface area contributed by atoms with Crippen molar-refractivity contribution in [2.24, 2.45) is 5.92 Å². The van der Waals surface area contributed by atoms with Crippen molar-refractivity contribution in [2.45, 2.75) is 24.8 Å².